The lowest BCUT2D eigenvalue weighted by Gasteiger charge is -2.15. The molecule has 0 amide bonds. The van der Waals surface area contributed by atoms with Gasteiger partial charge in [0.2, 0.25) is 0 Å². The van der Waals surface area contributed by atoms with E-state index in [1.807, 2.05) is 36.8 Å². The van der Waals surface area contributed by atoms with Crippen molar-refractivity contribution in [2.75, 3.05) is 13.1 Å². The summed E-state index contributed by atoms with van der Waals surface area (Å²) in [6, 6.07) is 8.03. The Bertz CT molecular complexity index is 566. The molecule has 22 heavy (non-hydrogen) atoms. The van der Waals surface area contributed by atoms with Crippen molar-refractivity contribution in [3.63, 3.8) is 0 Å². The van der Waals surface area contributed by atoms with Gasteiger partial charge in [0.05, 0.1) is 6.33 Å². The molecule has 1 N–H and O–H groups in total. The Balaban J connectivity index is 1.70. The molecule has 2 rings (SSSR count). The zero-order valence-electron chi connectivity index (χ0n) is 12.8. The fourth-order valence-corrected chi connectivity index (χ4v) is 2.74. The van der Waals surface area contributed by atoms with E-state index in [1.165, 1.54) is 0 Å². The van der Waals surface area contributed by atoms with Crippen LogP contribution in [0.1, 0.15) is 31.2 Å². The van der Waals surface area contributed by atoms with Crippen molar-refractivity contribution in [1.29, 1.82) is 0 Å². The van der Waals surface area contributed by atoms with E-state index in [0.717, 1.165) is 42.5 Å². The fourth-order valence-electron chi connectivity index (χ4n) is 2.48. The average molecular weight is 364 g/mol. The maximum Gasteiger partial charge on any atom is 0.137 e. The molecule has 1 unspecified atom stereocenters. The first kappa shape index (κ1) is 16.9. The quantitative estimate of drug-likeness (QED) is 0.694. The van der Waals surface area contributed by atoms with Gasteiger partial charge in [0.15, 0.2) is 0 Å². The van der Waals surface area contributed by atoms with Crippen LogP contribution in [0.5, 0.6) is 0 Å². The second-order valence-electron chi connectivity index (χ2n) is 5.41. The first-order valence-electron chi connectivity index (χ1n) is 7.59. The van der Waals surface area contributed by atoms with Gasteiger partial charge in [0, 0.05) is 29.3 Å². The van der Waals surface area contributed by atoms with Crippen molar-refractivity contribution >= 4 is 21.7 Å². The highest BCUT2D eigenvalue weighted by Crippen LogP contribution is 2.22. The van der Waals surface area contributed by atoms with Gasteiger partial charge in [0.25, 0.3) is 0 Å². The number of halogens is 1. The topological polar surface area (TPSA) is 46.9 Å². The van der Waals surface area contributed by atoms with E-state index in [2.05, 4.69) is 30.8 Å². The number of nitrogens with one attached hydrogen (secondary N) is 1. The van der Waals surface area contributed by atoms with Crippen LogP contribution < -0.4 is 5.32 Å². The Hall–Kier alpha value is -1.46. The monoisotopic (exact) mass is 363 g/mol. The van der Waals surface area contributed by atoms with E-state index in [4.69, 9.17) is 0 Å². The summed E-state index contributed by atoms with van der Waals surface area (Å²) < 4.78 is 3.11. The van der Waals surface area contributed by atoms with Crippen LogP contribution in [0.3, 0.4) is 0 Å². The smallest absolute Gasteiger partial charge is 0.137 e. The van der Waals surface area contributed by atoms with Crippen LogP contribution in [-0.2, 0) is 11.3 Å². The summed E-state index contributed by atoms with van der Waals surface area (Å²) in [6.45, 7) is 4.44. The maximum absolute atomic E-state index is 11.9. The van der Waals surface area contributed by atoms with Crippen LogP contribution in [0.25, 0.3) is 0 Å². The van der Waals surface area contributed by atoms with E-state index < -0.39 is 0 Å². The number of benzene rings is 1. The molecule has 0 spiro atoms. The van der Waals surface area contributed by atoms with Crippen molar-refractivity contribution in [1.82, 2.24) is 14.9 Å². The van der Waals surface area contributed by atoms with E-state index in [0.29, 0.717) is 0 Å². The molecule has 0 aliphatic heterocycles. The number of aromatic nitrogens is 2. The number of carbonyl (C=O) groups excluding carboxylic acids is 1. The zero-order valence-corrected chi connectivity index (χ0v) is 14.4. The fraction of sp³-hybridized carbons (Fsp3) is 0.412. The number of carbonyl (C=O) groups is 1. The minimum atomic E-state index is -0.0192. The van der Waals surface area contributed by atoms with Gasteiger partial charge >= 0.3 is 0 Å². The first-order valence-corrected chi connectivity index (χ1v) is 8.38. The molecule has 1 aromatic heterocycles. The first-order chi connectivity index (χ1) is 10.7. The van der Waals surface area contributed by atoms with Crippen LogP contribution in [0.2, 0.25) is 0 Å². The third-order valence-electron chi connectivity index (χ3n) is 3.70. The molecule has 0 radical (unpaired) electrons. The molecule has 1 aromatic carbocycles. The van der Waals surface area contributed by atoms with Gasteiger partial charge in [0.1, 0.15) is 5.78 Å². The largest absolute Gasteiger partial charge is 0.337 e. The van der Waals surface area contributed by atoms with Gasteiger partial charge in [-0.2, -0.15) is 0 Å². The third-order valence-corrected chi connectivity index (χ3v) is 4.23. The second kappa shape index (κ2) is 8.86. The minimum absolute atomic E-state index is 0.0192. The predicted octanol–water partition coefficient (Wildman–Crippen LogP) is 3.39. The molecule has 118 valence electrons. The number of aryl methyl sites for hydroxylation is 1. The summed E-state index contributed by atoms with van der Waals surface area (Å²) in [5.74, 6) is 0.205. The molecule has 5 heteroatoms. The number of rotatable bonds is 9. The highest BCUT2D eigenvalue weighted by atomic mass is 79.9. The second-order valence-corrected chi connectivity index (χ2v) is 6.32. The van der Waals surface area contributed by atoms with E-state index in [1.54, 1.807) is 13.1 Å². The molecular formula is C17H22BrN3O. The van der Waals surface area contributed by atoms with Gasteiger partial charge in [-0.1, -0.05) is 28.1 Å². The lowest BCUT2D eigenvalue weighted by Crippen LogP contribution is -2.22. The van der Waals surface area contributed by atoms with E-state index in [9.17, 15) is 4.79 Å². The summed E-state index contributed by atoms with van der Waals surface area (Å²) in [4.78, 5) is 15.9. The lowest BCUT2D eigenvalue weighted by atomic mass is 9.92. The van der Waals surface area contributed by atoms with Crippen LogP contribution in [0, 0.1) is 0 Å². The van der Waals surface area contributed by atoms with Crippen LogP contribution in [0.15, 0.2) is 47.5 Å². The van der Waals surface area contributed by atoms with Crippen molar-refractivity contribution in [3.05, 3.63) is 53.0 Å². The summed E-state index contributed by atoms with van der Waals surface area (Å²) in [5, 5.41) is 3.42. The normalized spacial score (nSPS) is 12.3. The van der Waals surface area contributed by atoms with Gasteiger partial charge in [-0.05, 0) is 50.6 Å². The summed E-state index contributed by atoms with van der Waals surface area (Å²) in [5.41, 5.74) is 1.09. The molecule has 0 saturated carbocycles. The molecule has 2 aromatic rings. The summed E-state index contributed by atoms with van der Waals surface area (Å²) in [6.07, 6.45) is 7.49. The molecule has 0 aliphatic carbocycles. The van der Waals surface area contributed by atoms with Gasteiger partial charge in [-0.25, -0.2) is 4.98 Å². The van der Waals surface area contributed by atoms with Crippen LogP contribution in [0.4, 0.5) is 0 Å². The van der Waals surface area contributed by atoms with Crippen LogP contribution in [-0.4, -0.2) is 28.4 Å². The summed E-state index contributed by atoms with van der Waals surface area (Å²) in [7, 11) is 0. The number of nitrogens with zero attached hydrogens (tertiary/aromatic N) is 2. The van der Waals surface area contributed by atoms with Crippen LogP contribution >= 0.6 is 15.9 Å². The Kier molecular flexibility index (Phi) is 6.80. The molecule has 0 fully saturated rings. The number of Topliss-reactive ketones (excluding diaryl/α,β-unsaturated/α-hetero) is 1. The molecule has 0 saturated heterocycles. The maximum atomic E-state index is 11.9. The standard InChI is InChI=1S/C17H22BrN3O/c1-14(22)17(15-3-5-16(18)6-4-15)7-9-19-8-2-11-21-12-10-20-13-21/h3-6,10,12-13,17,19H,2,7-9,11H2,1H3. The Labute approximate surface area is 140 Å². The molecule has 4 nitrogen and oxygen atoms in total. The van der Waals surface area contributed by atoms with Crippen molar-refractivity contribution in [2.45, 2.75) is 32.2 Å². The van der Waals surface area contributed by atoms with Crippen molar-refractivity contribution < 1.29 is 4.79 Å². The summed E-state index contributed by atoms with van der Waals surface area (Å²) >= 11 is 3.43. The van der Waals surface area contributed by atoms with Gasteiger partial charge in [-0.15, -0.1) is 0 Å². The van der Waals surface area contributed by atoms with E-state index >= 15 is 0 Å². The average Bonchev–Trinajstić information content (AvgIpc) is 3.01. The molecule has 1 heterocycles. The highest BCUT2D eigenvalue weighted by molar-refractivity contribution is 9.10. The minimum Gasteiger partial charge on any atom is -0.337 e. The molecule has 1 atom stereocenters. The Morgan fingerprint density at radius 3 is 2.73 bits per heavy atom. The molecule has 0 bridgehead atoms. The SMILES string of the molecule is CC(=O)C(CCNCCCn1ccnc1)c1ccc(Br)cc1. The number of ketones is 1. The number of hydrogen-bond donors (Lipinski definition) is 1. The van der Waals surface area contributed by atoms with E-state index in [-0.39, 0.29) is 11.7 Å². The van der Waals surface area contributed by atoms with Gasteiger partial charge < -0.3 is 9.88 Å². The Morgan fingerprint density at radius 2 is 2.09 bits per heavy atom. The van der Waals surface area contributed by atoms with Crippen molar-refractivity contribution in [3.8, 4) is 0 Å². The predicted molar refractivity (Wildman–Crippen MR) is 91.9 cm³/mol. The molecular weight excluding hydrogens is 342 g/mol. The number of hydrogen-bond acceptors (Lipinski definition) is 3. The van der Waals surface area contributed by atoms with Gasteiger partial charge in [-0.3, -0.25) is 4.79 Å². The molecule has 0 aliphatic rings. The highest BCUT2D eigenvalue weighted by Gasteiger charge is 2.15. The lowest BCUT2D eigenvalue weighted by molar-refractivity contribution is -0.118. The number of imidazole rings is 1. The third kappa shape index (κ3) is 5.39. The Morgan fingerprint density at radius 1 is 1.32 bits per heavy atom. The van der Waals surface area contributed by atoms with Crippen molar-refractivity contribution in [2.24, 2.45) is 0 Å². The zero-order chi connectivity index (χ0) is 15.8.